The Morgan fingerprint density at radius 1 is 1.05 bits per heavy atom. The highest BCUT2D eigenvalue weighted by atomic mass is 16.4. The highest BCUT2D eigenvalue weighted by Crippen LogP contribution is 2.10. The summed E-state index contributed by atoms with van der Waals surface area (Å²) in [6, 6.07) is 16.8. The zero-order valence-corrected chi connectivity index (χ0v) is 10.7. The maximum atomic E-state index is 11.2. The van der Waals surface area contributed by atoms with Gasteiger partial charge in [-0.1, -0.05) is 41.1 Å². The van der Waals surface area contributed by atoms with Crippen LogP contribution >= 0.6 is 0 Å². The van der Waals surface area contributed by atoms with Crippen molar-refractivity contribution in [1.82, 2.24) is 5.10 Å². The largest absolute Gasteiger partial charge is 0.478 e. The van der Waals surface area contributed by atoms with Gasteiger partial charge < -0.3 is 5.11 Å². The van der Waals surface area contributed by atoms with E-state index in [9.17, 15) is 9.90 Å². The summed E-state index contributed by atoms with van der Waals surface area (Å²) in [5.74, 6) is -0.915. The number of carboxylic acid groups (broad SMARTS) is 1. The Bertz CT molecular complexity index is 784. The maximum Gasteiger partial charge on any atom is 0.336 e. The standard InChI is InChI=1S/C16H12N2O2/c19-16(20)14-7-3-1-6-13(14)11-18-10-9-12-5-2-4-8-15(12)17-18/h1-10H,11H2/p+1. The molecule has 0 spiro atoms. The number of hydrogen-bond acceptors (Lipinski definition) is 2. The van der Waals surface area contributed by atoms with E-state index < -0.39 is 5.97 Å². The zero-order chi connectivity index (χ0) is 13.9. The van der Waals surface area contributed by atoms with Crippen molar-refractivity contribution in [1.29, 1.82) is 0 Å². The molecule has 20 heavy (non-hydrogen) atoms. The van der Waals surface area contributed by atoms with E-state index in [0.29, 0.717) is 12.1 Å². The molecule has 4 nitrogen and oxygen atoms in total. The Morgan fingerprint density at radius 2 is 1.80 bits per heavy atom. The summed E-state index contributed by atoms with van der Waals surface area (Å²) in [6.45, 7) is 0.438. The first-order chi connectivity index (χ1) is 9.74. The first-order valence-corrected chi connectivity index (χ1v) is 6.31. The minimum atomic E-state index is -0.915. The molecule has 3 rings (SSSR count). The number of hydrogen-bond donors (Lipinski definition) is 1. The smallest absolute Gasteiger partial charge is 0.336 e. The molecule has 2 aromatic carbocycles. The molecule has 98 valence electrons. The molecule has 0 saturated heterocycles. The average molecular weight is 265 g/mol. The van der Waals surface area contributed by atoms with E-state index in [0.717, 1.165) is 16.5 Å². The molecule has 0 amide bonds. The van der Waals surface area contributed by atoms with Crippen LogP contribution < -0.4 is 4.68 Å². The van der Waals surface area contributed by atoms with E-state index in [4.69, 9.17) is 0 Å². The van der Waals surface area contributed by atoms with Crippen LogP contribution in [0.5, 0.6) is 0 Å². The Morgan fingerprint density at radius 3 is 2.65 bits per heavy atom. The van der Waals surface area contributed by atoms with Crippen LogP contribution in [0, 0.1) is 0 Å². The van der Waals surface area contributed by atoms with E-state index in [2.05, 4.69) is 5.10 Å². The Labute approximate surface area is 115 Å². The predicted octanol–water partition coefficient (Wildman–Crippen LogP) is 2.27. The van der Waals surface area contributed by atoms with Gasteiger partial charge in [0.15, 0.2) is 6.20 Å². The van der Waals surface area contributed by atoms with Gasteiger partial charge in [0.2, 0.25) is 6.54 Å². The molecule has 0 saturated carbocycles. The third kappa shape index (κ3) is 2.36. The van der Waals surface area contributed by atoms with Crippen molar-refractivity contribution in [3.8, 4) is 0 Å². The van der Waals surface area contributed by atoms with Crippen LogP contribution in [0.4, 0.5) is 0 Å². The number of carboxylic acids is 1. The van der Waals surface area contributed by atoms with Crippen LogP contribution in [-0.4, -0.2) is 16.2 Å². The second kappa shape index (κ2) is 5.09. The molecule has 1 heterocycles. The Balaban J connectivity index is 1.99. The van der Waals surface area contributed by atoms with Crippen molar-refractivity contribution in [3.05, 3.63) is 71.9 Å². The molecule has 1 aromatic heterocycles. The van der Waals surface area contributed by atoms with Crippen molar-refractivity contribution < 1.29 is 14.6 Å². The van der Waals surface area contributed by atoms with Crippen molar-refractivity contribution >= 4 is 16.9 Å². The fourth-order valence-electron chi connectivity index (χ4n) is 2.19. The second-order valence-electron chi connectivity index (χ2n) is 4.53. The van der Waals surface area contributed by atoms with Crippen molar-refractivity contribution in [2.24, 2.45) is 0 Å². The van der Waals surface area contributed by atoms with Crippen molar-refractivity contribution in [2.75, 3.05) is 0 Å². The van der Waals surface area contributed by atoms with Crippen LogP contribution in [0.3, 0.4) is 0 Å². The van der Waals surface area contributed by atoms with E-state index in [1.54, 1.807) is 16.8 Å². The molecule has 0 bridgehead atoms. The molecule has 3 aromatic rings. The fourth-order valence-corrected chi connectivity index (χ4v) is 2.19. The monoisotopic (exact) mass is 265 g/mol. The van der Waals surface area contributed by atoms with E-state index in [-0.39, 0.29) is 0 Å². The fraction of sp³-hybridized carbons (Fsp3) is 0.0625. The molecule has 0 aliphatic carbocycles. The van der Waals surface area contributed by atoms with Gasteiger partial charge in [-0.3, -0.25) is 0 Å². The summed E-state index contributed by atoms with van der Waals surface area (Å²) < 4.78 is 1.75. The van der Waals surface area contributed by atoms with Crippen LogP contribution in [0.1, 0.15) is 15.9 Å². The number of carbonyl (C=O) groups is 1. The first kappa shape index (κ1) is 12.3. The minimum Gasteiger partial charge on any atom is -0.478 e. The Hall–Kier alpha value is -2.75. The minimum absolute atomic E-state index is 0.315. The third-order valence-electron chi connectivity index (χ3n) is 3.18. The highest BCUT2D eigenvalue weighted by molar-refractivity contribution is 5.89. The number of nitrogens with zero attached hydrogens (tertiary/aromatic N) is 2. The normalized spacial score (nSPS) is 10.6. The van der Waals surface area contributed by atoms with Gasteiger partial charge >= 0.3 is 5.97 Å². The van der Waals surface area contributed by atoms with Crippen LogP contribution in [0.2, 0.25) is 0 Å². The molecule has 4 heteroatoms. The van der Waals surface area contributed by atoms with Crippen molar-refractivity contribution in [2.45, 2.75) is 6.54 Å². The first-order valence-electron chi connectivity index (χ1n) is 6.31. The number of aromatic carboxylic acids is 1. The predicted molar refractivity (Wildman–Crippen MR) is 74.4 cm³/mol. The SMILES string of the molecule is O=C(O)c1ccccc1C[n+]1ccc2ccccc2n1. The van der Waals surface area contributed by atoms with E-state index >= 15 is 0 Å². The topological polar surface area (TPSA) is 54.1 Å². The van der Waals surface area contributed by atoms with Crippen LogP contribution in [0.15, 0.2) is 60.8 Å². The molecule has 0 aliphatic heterocycles. The molecule has 0 fully saturated rings. The zero-order valence-electron chi connectivity index (χ0n) is 10.7. The quantitative estimate of drug-likeness (QED) is 0.739. The molecular weight excluding hydrogens is 252 g/mol. The molecule has 0 unspecified atom stereocenters. The summed E-state index contributed by atoms with van der Waals surface area (Å²) in [5, 5.41) is 14.7. The maximum absolute atomic E-state index is 11.2. The van der Waals surface area contributed by atoms with Gasteiger partial charge in [0.05, 0.1) is 5.56 Å². The molecule has 0 atom stereocenters. The van der Waals surface area contributed by atoms with Gasteiger partial charge in [-0.2, -0.15) is 0 Å². The number of fused-ring (bicyclic) bond motifs is 1. The summed E-state index contributed by atoms with van der Waals surface area (Å²) in [7, 11) is 0. The van der Waals surface area contributed by atoms with Gasteiger partial charge in [-0.25, -0.2) is 4.79 Å². The molecular formula is C16H13N2O2+. The highest BCUT2D eigenvalue weighted by Gasteiger charge is 2.14. The van der Waals surface area contributed by atoms with Crippen LogP contribution in [0.25, 0.3) is 10.9 Å². The van der Waals surface area contributed by atoms with E-state index in [1.165, 1.54) is 0 Å². The summed E-state index contributed by atoms with van der Waals surface area (Å²) in [4.78, 5) is 11.2. The number of rotatable bonds is 3. The lowest BCUT2D eigenvalue weighted by Crippen LogP contribution is -2.38. The molecule has 0 radical (unpaired) electrons. The van der Waals surface area contributed by atoms with Gasteiger partial charge in [0.1, 0.15) is 5.52 Å². The van der Waals surface area contributed by atoms with Gasteiger partial charge in [0, 0.05) is 22.1 Å². The second-order valence-corrected chi connectivity index (χ2v) is 4.53. The van der Waals surface area contributed by atoms with Gasteiger partial charge in [0.25, 0.3) is 0 Å². The summed E-state index contributed by atoms with van der Waals surface area (Å²) in [5.41, 5.74) is 1.95. The lowest BCUT2D eigenvalue weighted by atomic mass is 10.1. The number of benzene rings is 2. The lowest BCUT2D eigenvalue weighted by Gasteiger charge is -2.02. The summed E-state index contributed by atoms with van der Waals surface area (Å²) >= 11 is 0. The Kier molecular flexibility index (Phi) is 3.13. The van der Waals surface area contributed by atoms with Gasteiger partial charge in [-0.05, 0) is 12.1 Å². The third-order valence-corrected chi connectivity index (χ3v) is 3.18. The van der Waals surface area contributed by atoms with Crippen molar-refractivity contribution in [3.63, 3.8) is 0 Å². The number of aromatic nitrogens is 2. The lowest BCUT2D eigenvalue weighted by molar-refractivity contribution is -0.743. The summed E-state index contributed by atoms with van der Waals surface area (Å²) in [6.07, 6.45) is 1.86. The average Bonchev–Trinajstić information content (AvgIpc) is 2.47. The van der Waals surface area contributed by atoms with Crippen LogP contribution in [-0.2, 0) is 6.54 Å². The molecule has 1 N–H and O–H groups in total. The van der Waals surface area contributed by atoms with E-state index in [1.807, 2.05) is 48.7 Å². The van der Waals surface area contributed by atoms with Gasteiger partial charge in [-0.15, -0.1) is 0 Å². The molecule has 0 aliphatic rings.